The third kappa shape index (κ3) is 1.36. The average molecular weight is 272 g/mol. The first-order valence-electron chi connectivity index (χ1n) is 5.12. The van der Waals surface area contributed by atoms with Crippen molar-refractivity contribution in [3.05, 3.63) is 29.8 Å². The number of rotatable bonds is 2. The van der Waals surface area contributed by atoms with Crippen LogP contribution in [0.3, 0.4) is 0 Å². The van der Waals surface area contributed by atoms with Crippen LogP contribution >= 0.6 is 15.9 Å². The molecule has 0 bridgehead atoms. The fraction of sp³-hybridized carbons (Fsp3) is 0.583. The highest BCUT2D eigenvalue weighted by Crippen LogP contribution is 2.69. The van der Waals surface area contributed by atoms with Gasteiger partial charge in [-0.25, -0.2) is 4.39 Å². The summed E-state index contributed by atoms with van der Waals surface area (Å²) < 4.78 is 12.8. The standard InChI is InChI=1S/C12H15BrFN/c1-11(2)9(6-13)12(11,3)10-5-4-8(14)7-15-10/h4-5,7,9H,6H2,1-3H3. The van der Waals surface area contributed by atoms with Gasteiger partial charge in [-0.05, 0) is 23.5 Å². The van der Waals surface area contributed by atoms with E-state index in [-0.39, 0.29) is 16.6 Å². The van der Waals surface area contributed by atoms with Gasteiger partial charge in [0, 0.05) is 16.4 Å². The maximum atomic E-state index is 12.8. The van der Waals surface area contributed by atoms with E-state index in [0.717, 1.165) is 11.0 Å². The van der Waals surface area contributed by atoms with E-state index in [0.29, 0.717) is 5.92 Å². The quantitative estimate of drug-likeness (QED) is 0.750. The summed E-state index contributed by atoms with van der Waals surface area (Å²) in [4.78, 5) is 4.21. The van der Waals surface area contributed by atoms with Crippen molar-refractivity contribution in [3.63, 3.8) is 0 Å². The minimum atomic E-state index is -0.267. The summed E-state index contributed by atoms with van der Waals surface area (Å²) in [5, 5.41) is 0.968. The summed E-state index contributed by atoms with van der Waals surface area (Å²) in [6.07, 6.45) is 1.31. The van der Waals surface area contributed by atoms with E-state index >= 15 is 0 Å². The van der Waals surface area contributed by atoms with Gasteiger partial charge in [0.25, 0.3) is 0 Å². The molecule has 0 amide bonds. The second-order valence-corrected chi connectivity index (χ2v) is 5.64. The summed E-state index contributed by atoms with van der Waals surface area (Å²) >= 11 is 3.54. The topological polar surface area (TPSA) is 12.9 Å². The van der Waals surface area contributed by atoms with Crippen LogP contribution in [0.4, 0.5) is 4.39 Å². The number of aromatic nitrogens is 1. The lowest BCUT2D eigenvalue weighted by atomic mass is 9.94. The molecule has 2 atom stereocenters. The smallest absolute Gasteiger partial charge is 0.141 e. The highest BCUT2D eigenvalue weighted by Gasteiger charge is 2.68. The summed E-state index contributed by atoms with van der Waals surface area (Å²) in [5.41, 5.74) is 1.31. The van der Waals surface area contributed by atoms with Crippen LogP contribution in [0.25, 0.3) is 0 Å². The molecule has 0 radical (unpaired) electrons. The second-order valence-electron chi connectivity index (χ2n) is 4.99. The van der Waals surface area contributed by atoms with Crippen molar-refractivity contribution in [1.82, 2.24) is 4.98 Å². The fourth-order valence-electron chi connectivity index (χ4n) is 2.64. The van der Waals surface area contributed by atoms with Gasteiger partial charge in [0.05, 0.1) is 6.20 Å². The van der Waals surface area contributed by atoms with Crippen molar-refractivity contribution in [3.8, 4) is 0 Å². The van der Waals surface area contributed by atoms with Gasteiger partial charge in [-0.15, -0.1) is 0 Å². The minimum absolute atomic E-state index is 0.0736. The number of halogens is 2. The van der Waals surface area contributed by atoms with E-state index in [1.807, 2.05) is 0 Å². The van der Waals surface area contributed by atoms with Crippen molar-refractivity contribution >= 4 is 15.9 Å². The summed E-state index contributed by atoms with van der Waals surface area (Å²) in [5.74, 6) is 0.305. The predicted molar refractivity (Wildman–Crippen MR) is 62.6 cm³/mol. The number of nitrogens with zero attached hydrogens (tertiary/aromatic N) is 1. The van der Waals surface area contributed by atoms with Gasteiger partial charge in [0.15, 0.2) is 0 Å². The Kier molecular flexibility index (Phi) is 2.41. The number of alkyl halides is 1. The van der Waals surface area contributed by atoms with Gasteiger partial charge < -0.3 is 0 Å². The summed E-state index contributed by atoms with van der Waals surface area (Å²) in [7, 11) is 0. The molecule has 1 heterocycles. The number of hydrogen-bond donors (Lipinski definition) is 0. The SMILES string of the molecule is CC1(C)C(CBr)C1(C)c1ccc(F)cn1. The van der Waals surface area contributed by atoms with Gasteiger partial charge in [-0.1, -0.05) is 36.7 Å². The van der Waals surface area contributed by atoms with Gasteiger partial charge >= 0.3 is 0 Å². The van der Waals surface area contributed by atoms with Crippen molar-refractivity contribution < 1.29 is 4.39 Å². The first-order valence-corrected chi connectivity index (χ1v) is 6.24. The van der Waals surface area contributed by atoms with Gasteiger partial charge in [-0.2, -0.15) is 0 Å². The summed E-state index contributed by atoms with van der Waals surface area (Å²) in [6, 6.07) is 3.30. The van der Waals surface area contributed by atoms with E-state index in [2.05, 4.69) is 41.7 Å². The van der Waals surface area contributed by atoms with Crippen LogP contribution in [0, 0.1) is 17.2 Å². The second kappa shape index (κ2) is 3.27. The number of hydrogen-bond acceptors (Lipinski definition) is 1. The Morgan fingerprint density at radius 2 is 2.07 bits per heavy atom. The molecule has 0 N–H and O–H groups in total. The average Bonchev–Trinajstić information content (AvgIpc) is 2.62. The normalized spacial score (nSPS) is 32.7. The zero-order valence-corrected chi connectivity index (χ0v) is 10.8. The molecule has 1 fully saturated rings. The Labute approximate surface area is 98.2 Å². The molecule has 82 valence electrons. The van der Waals surface area contributed by atoms with Crippen LogP contribution in [-0.2, 0) is 5.41 Å². The Balaban J connectivity index is 2.36. The molecule has 1 aromatic rings. The highest BCUT2D eigenvalue weighted by atomic mass is 79.9. The molecule has 0 aliphatic heterocycles. The zero-order valence-electron chi connectivity index (χ0n) is 9.22. The lowest BCUT2D eigenvalue weighted by Crippen LogP contribution is -2.12. The molecule has 0 saturated heterocycles. The first kappa shape index (κ1) is 11.1. The Hall–Kier alpha value is -0.440. The molecule has 1 aliphatic carbocycles. The van der Waals surface area contributed by atoms with Crippen molar-refractivity contribution in [2.75, 3.05) is 5.33 Å². The van der Waals surface area contributed by atoms with E-state index in [1.54, 1.807) is 6.07 Å². The zero-order chi connectivity index (χ0) is 11.3. The van der Waals surface area contributed by atoms with Gasteiger partial charge in [0.1, 0.15) is 5.82 Å². The van der Waals surface area contributed by atoms with Crippen LogP contribution in [-0.4, -0.2) is 10.3 Å². The van der Waals surface area contributed by atoms with Crippen LogP contribution in [0.15, 0.2) is 18.3 Å². The molecule has 3 heteroatoms. The molecule has 1 saturated carbocycles. The van der Waals surface area contributed by atoms with E-state index in [1.165, 1.54) is 12.3 Å². The third-order valence-electron chi connectivity index (χ3n) is 4.24. The van der Waals surface area contributed by atoms with Crippen LogP contribution in [0.2, 0.25) is 0 Å². The molecule has 15 heavy (non-hydrogen) atoms. The Morgan fingerprint density at radius 1 is 1.40 bits per heavy atom. The molecule has 1 nitrogen and oxygen atoms in total. The molecule has 0 aromatic carbocycles. The van der Waals surface area contributed by atoms with E-state index < -0.39 is 0 Å². The largest absolute Gasteiger partial charge is 0.258 e. The first-order chi connectivity index (χ1) is 6.94. The fourth-order valence-corrected chi connectivity index (χ4v) is 4.10. The van der Waals surface area contributed by atoms with Crippen molar-refractivity contribution in [1.29, 1.82) is 0 Å². The summed E-state index contributed by atoms with van der Waals surface area (Å²) in [6.45, 7) is 6.69. The molecule has 1 aliphatic rings. The maximum Gasteiger partial charge on any atom is 0.141 e. The highest BCUT2D eigenvalue weighted by molar-refractivity contribution is 9.09. The van der Waals surface area contributed by atoms with Crippen molar-refractivity contribution in [2.24, 2.45) is 11.3 Å². The monoisotopic (exact) mass is 271 g/mol. The third-order valence-corrected chi connectivity index (χ3v) is 4.88. The molecular formula is C12H15BrFN. The van der Waals surface area contributed by atoms with Gasteiger partial charge in [0.2, 0.25) is 0 Å². The number of pyridine rings is 1. The lowest BCUT2D eigenvalue weighted by molar-refractivity contribution is 0.512. The van der Waals surface area contributed by atoms with Crippen LogP contribution in [0.1, 0.15) is 26.5 Å². The molecule has 2 unspecified atom stereocenters. The van der Waals surface area contributed by atoms with Crippen LogP contribution in [0.5, 0.6) is 0 Å². The lowest BCUT2D eigenvalue weighted by Gasteiger charge is -2.13. The van der Waals surface area contributed by atoms with E-state index in [9.17, 15) is 4.39 Å². The Bertz CT molecular complexity index is 374. The van der Waals surface area contributed by atoms with Crippen molar-refractivity contribution in [2.45, 2.75) is 26.2 Å². The predicted octanol–water partition coefficient (Wildman–Crippen LogP) is 3.53. The molecule has 0 spiro atoms. The molecule has 1 aromatic heterocycles. The maximum absolute atomic E-state index is 12.8. The van der Waals surface area contributed by atoms with E-state index in [4.69, 9.17) is 0 Å². The molecule has 2 rings (SSSR count). The van der Waals surface area contributed by atoms with Gasteiger partial charge in [-0.3, -0.25) is 4.98 Å². The van der Waals surface area contributed by atoms with Crippen LogP contribution < -0.4 is 0 Å². The molecular weight excluding hydrogens is 257 g/mol. The Morgan fingerprint density at radius 3 is 2.47 bits per heavy atom. The minimum Gasteiger partial charge on any atom is -0.258 e.